The van der Waals surface area contributed by atoms with Gasteiger partial charge in [0, 0.05) is 28.2 Å². The van der Waals surface area contributed by atoms with Crippen LogP contribution >= 0.6 is 27.5 Å². The maximum Gasteiger partial charge on any atom is 0.317 e. The first-order valence-electron chi connectivity index (χ1n) is 9.12. The summed E-state index contributed by atoms with van der Waals surface area (Å²) in [6, 6.07) is 0.208. The molecule has 1 atom stereocenters. The average Bonchev–Trinajstić information content (AvgIpc) is 3.38. The first-order valence-corrected chi connectivity index (χ1v) is 10.3. The molecule has 0 radical (unpaired) electrons. The summed E-state index contributed by atoms with van der Waals surface area (Å²) in [5, 5.41) is 1.34. The Bertz CT molecular complexity index is 1010. The molecule has 3 aliphatic heterocycles. The van der Waals surface area contributed by atoms with E-state index in [0.717, 1.165) is 40.4 Å². The Morgan fingerprint density at radius 2 is 2.18 bits per heavy atom. The predicted octanol–water partition coefficient (Wildman–Crippen LogP) is 4.84. The lowest BCUT2D eigenvalue weighted by Gasteiger charge is -2.30. The van der Waals surface area contributed by atoms with Crippen molar-refractivity contribution in [2.45, 2.75) is 38.0 Å². The summed E-state index contributed by atoms with van der Waals surface area (Å²) in [5.41, 5.74) is 2.47. The van der Waals surface area contributed by atoms with Crippen molar-refractivity contribution in [3.05, 3.63) is 38.5 Å². The van der Waals surface area contributed by atoms with Gasteiger partial charge in [0.2, 0.25) is 0 Å². The van der Waals surface area contributed by atoms with Crippen molar-refractivity contribution >= 4 is 38.4 Å². The van der Waals surface area contributed by atoms with Crippen LogP contribution < -0.4 is 4.74 Å². The molecular weight excluding hydrogens is 456 g/mol. The number of benzene rings is 1. The number of aromatic nitrogens is 2. The number of hydrogen-bond donors (Lipinski definition) is 0. The van der Waals surface area contributed by atoms with Crippen LogP contribution in [0.3, 0.4) is 0 Å². The smallest absolute Gasteiger partial charge is 0.317 e. The summed E-state index contributed by atoms with van der Waals surface area (Å²) in [6.07, 6.45) is 2.28. The molecule has 28 heavy (non-hydrogen) atoms. The third-order valence-corrected chi connectivity index (χ3v) is 7.49. The zero-order chi connectivity index (χ0) is 19.5. The Morgan fingerprint density at radius 1 is 1.36 bits per heavy atom. The van der Waals surface area contributed by atoms with Crippen LogP contribution in [-0.4, -0.2) is 40.1 Å². The molecule has 0 amide bonds. The van der Waals surface area contributed by atoms with Crippen molar-refractivity contribution in [3.63, 3.8) is 0 Å². The number of rotatable bonds is 3. The molecule has 0 unspecified atom stereocenters. The first-order chi connectivity index (χ1) is 13.5. The van der Waals surface area contributed by atoms with Crippen LogP contribution in [0.25, 0.3) is 10.9 Å². The lowest BCUT2D eigenvalue weighted by molar-refractivity contribution is 0.108. The minimum atomic E-state index is -1.57. The highest BCUT2D eigenvalue weighted by Crippen LogP contribution is 2.43. The summed E-state index contributed by atoms with van der Waals surface area (Å²) in [4.78, 5) is 10.9. The van der Waals surface area contributed by atoms with Crippen LogP contribution in [0.1, 0.15) is 30.4 Å². The van der Waals surface area contributed by atoms with Crippen molar-refractivity contribution < 1.29 is 18.3 Å². The van der Waals surface area contributed by atoms with Gasteiger partial charge in [-0.2, -0.15) is 13.8 Å². The van der Waals surface area contributed by atoms with Crippen LogP contribution in [0.15, 0.2) is 22.3 Å². The second-order valence-corrected chi connectivity index (χ2v) is 8.74. The Balaban J connectivity index is 1.44. The summed E-state index contributed by atoms with van der Waals surface area (Å²) in [5.74, 6) is 0. The van der Waals surface area contributed by atoms with Crippen LogP contribution in [0.2, 0.25) is 5.02 Å². The lowest BCUT2D eigenvalue weighted by atomic mass is 9.94. The molecule has 0 spiro atoms. The van der Waals surface area contributed by atoms with Crippen molar-refractivity contribution in [1.29, 1.82) is 0 Å². The minimum absolute atomic E-state index is 0.208. The largest absolute Gasteiger partial charge is 0.461 e. The molecule has 0 aliphatic carbocycles. The second kappa shape index (κ2) is 6.86. The molecule has 0 bridgehead atoms. The summed E-state index contributed by atoms with van der Waals surface area (Å²) in [6.45, 7) is 2.40. The molecule has 0 saturated carbocycles. The number of hydrogen-bond acceptors (Lipinski definition) is 5. The first kappa shape index (κ1) is 18.7. The SMILES string of the molecule is FC(F)=C1CN2CCC[C@@]2(COc2ncc3c4c(c(Br)c(Cl)c3n2)COC4)C1. The molecule has 3 aliphatic rings. The summed E-state index contributed by atoms with van der Waals surface area (Å²) in [7, 11) is 0. The molecule has 2 saturated heterocycles. The standard InChI is InChI=1S/C19H17BrClF2N3O2/c20-14-13-8-27-7-12(13)11-5-24-18(25-16(11)15(14)21)28-9-19-2-1-3-26(19)6-10(4-19)17(22)23/h5H,1-4,6-9H2/t19-/m0/s1. The van der Waals surface area contributed by atoms with E-state index in [9.17, 15) is 8.78 Å². The van der Waals surface area contributed by atoms with Gasteiger partial charge in [-0.15, -0.1) is 0 Å². The van der Waals surface area contributed by atoms with Crippen LogP contribution in [0, 0.1) is 0 Å². The number of nitrogens with zero attached hydrogens (tertiary/aromatic N) is 3. The number of fused-ring (bicyclic) bond motifs is 4. The fraction of sp³-hybridized carbons (Fsp3) is 0.474. The zero-order valence-corrected chi connectivity index (χ0v) is 17.2. The molecule has 1 aromatic carbocycles. The molecule has 1 aromatic heterocycles. The van der Waals surface area contributed by atoms with Gasteiger partial charge in [-0.1, -0.05) is 11.6 Å². The van der Waals surface area contributed by atoms with Crippen molar-refractivity contribution in [2.75, 3.05) is 19.7 Å². The molecule has 2 aromatic rings. The van der Waals surface area contributed by atoms with Gasteiger partial charge in [-0.05, 0) is 52.9 Å². The topological polar surface area (TPSA) is 47.5 Å². The fourth-order valence-electron chi connectivity index (χ4n) is 4.59. The van der Waals surface area contributed by atoms with Gasteiger partial charge in [0.05, 0.1) is 29.3 Å². The maximum absolute atomic E-state index is 13.1. The van der Waals surface area contributed by atoms with Gasteiger partial charge in [0.15, 0.2) is 0 Å². The van der Waals surface area contributed by atoms with E-state index in [1.54, 1.807) is 6.20 Å². The molecule has 4 heterocycles. The second-order valence-electron chi connectivity index (χ2n) is 7.57. The van der Waals surface area contributed by atoms with Gasteiger partial charge in [0.25, 0.3) is 6.08 Å². The zero-order valence-electron chi connectivity index (χ0n) is 14.9. The van der Waals surface area contributed by atoms with E-state index in [1.807, 2.05) is 0 Å². The van der Waals surface area contributed by atoms with E-state index in [0.29, 0.717) is 36.7 Å². The van der Waals surface area contributed by atoms with Gasteiger partial charge < -0.3 is 9.47 Å². The lowest BCUT2D eigenvalue weighted by Crippen LogP contribution is -2.43. The fourth-order valence-corrected chi connectivity index (χ4v) is 5.39. The average molecular weight is 473 g/mol. The van der Waals surface area contributed by atoms with Crippen LogP contribution in [0.5, 0.6) is 6.01 Å². The number of halogens is 4. The van der Waals surface area contributed by atoms with E-state index in [4.69, 9.17) is 21.1 Å². The summed E-state index contributed by atoms with van der Waals surface area (Å²) < 4.78 is 38.4. The van der Waals surface area contributed by atoms with E-state index >= 15 is 0 Å². The van der Waals surface area contributed by atoms with Gasteiger partial charge in [-0.3, -0.25) is 4.90 Å². The third-order valence-electron chi connectivity index (χ3n) is 6.02. The Hall–Kier alpha value is -1.35. The monoisotopic (exact) mass is 471 g/mol. The summed E-state index contributed by atoms with van der Waals surface area (Å²) >= 11 is 10.0. The minimum Gasteiger partial charge on any atom is -0.461 e. The van der Waals surface area contributed by atoms with E-state index < -0.39 is 11.6 Å². The molecule has 5 rings (SSSR count). The normalized spacial score (nSPS) is 24.1. The predicted molar refractivity (Wildman–Crippen MR) is 104 cm³/mol. The molecule has 9 heteroatoms. The molecule has 2 fully saturated rings. The molecule has 0 N–H and O–H groups in total. The third kappa shape index (κ3) is 2.84. The van der Waals surface area contributed by atoms with Crippen molar-refractivity contribution in [3.8, 4) is 6.01 Å². The molecular formula is C19H17BrClF2N3O2. The van der Waals surface area contributed by atoms with E-state index in [2.05, 4.69) is 30.8 Å². The Kier molecular flexibility index (Phi) is 4.58. The quantitative estimate of drug-likeness (QED) is 0.639. The van der Waals surface area contributed by atoms with Crippen molar-refractivity contribution in [1.82, 2.24) is 14.9 Å². The van der Waals surface area contributed by atoms with Gasteiger partial charge in [-0.25, -0.2) is 4.98 Å². The Labute approximate surface area is 173 Å². The highest BCUT2D eigenvalue weighted by atomic mass is 79.9. The highest BCUT2D eigenvalue weighted by Gasteiger charge is 2.48. The van der Waals surface area contributed by atoms with E-state index in [-0.39, 0.29) is 18.2 Å². The maximum atomic E-state index is 13.1. The molecule has 5 nitrogen and oxygen atoms in total. The molecule has 148 valence electrons. The van der Waals surface area contributed by atoms with Gasteiger partial charge >= 0.3 is 6.01 Å². The number of ether oxygens (including phenoxy) is 2. The van der Waals surface area contributed by atoms with E-state index in [1.165, 1.54) is 0 Å². The van der Waals surface area contributed by atoms with Crippen LogP contribution in [-0.2, 0) is 18.0 Å². The highest BCUT2D eigenvalue weighted by molar-refractivity contribution is 9.10. The van der Waals surface area contributed by atoms with Crippen molar-refractivity contribution in [2.24, 2.45) is 0 Å². The van der Waals surface area contributed by atoms with Gasteiger partial charge in [0.1, 0.15) is 6.61 Å². The Morgan fingerprint density at radius 3 is 3.00 bits per heavy atom. The van der Waals surface area contributed by atoms with Crippen LogP contribution in [0.4, 0.5) is 8.78 Å².